The Hall–Kier alpha value is -5.65. The van der Waals surface area contributed by atoms with Crippen LogP contribution in [0.4, 0.5) is 14.0 Å². The molecule has 0 spiro atoms. The smallest absolute Gasteiger partial charge is 0.318 e. The molecular weight excluding hydrogens is 860 g/mol. The van der Waals surface area contributed by atoms with E-state index in [2.05, 4.69) is 71.6 Å². The Kier molecular flexibility index (Phi) is 14.3. The van der Waals surface area contributed by atoms with Gasteiger partial charge in [0.2, 0.25) is 0 Å². The van der Waals surface area contributed by atoms with Crippen LogP contribution in [0, 0.1) is 52.8 Å². The number of fused-ring (bicyclic) bond motifs is 2. The van der Waals surface area contributed by atoms with Crippen LogP contribution in [0.3, 0.4) is 0 Å². The van der Waals surface area contributed by atoms with E-state index in [4.69, 9.17) is 10.4 Å². The van der Waals surface area contributed by atoms with E-state index >= 15 is 0 Å². The lowest BCUT2D eigenvalue weighted by molar-refractivity contribution is -0.132. The van der Waals surface area contributed by atoms with Crippen molar-refractivity contribution in [3.05, 3.63) is 47.0 Å². The van der Waals surface area contributed by atoms with Crippen LogP contribution >= 0.6 is 0 Å². The first-order valence-corrected chi connectivity index (χ1v) is 23.7. The topological polar surface area (TPSA) is 233 Å². The molecule has 3 atom stereocenters. The second-order valence-electron chi connectivity index (χ2n) is 16.7. The summed E-state index contributed by atoms with van der Waals surface area (Å²) in [5.41, 5.74) is 3.87. The van der Waals surface area contributed by atoms with Gasteiger partial charge in [-0.2, -0.15) is 0 Å². The fraction of sp³-hybridized carbons (Fsp3) is 0.524. The predicted molar refractivity (Wildman–Crippen MR) is 228 cm³/mol. The molecule has 0 bridgehead atoms. The van der Waals surface area contributed by atoms with Crippen molar-refractivity contribution in [2.75, 3.05) is 58.8 Å². The molecule has 0 radical (unpaired) electrons. The van der Waals surface area contributed by atoms with Crippen molar-refractivity contribution in [1.29, 1.82) is 0 Å². The fourth-order valence-corrected chi connectivity index (χ4v) is 9.15. The Bertz CT molecular complexity index is 2660. The Morgan fingerprint density at radius 3 is 1.60 bits per heavy atom. The van der Waals surface area contributed by atoms with E-state index in [-0.39, 0.29) is 63.0 Å². The molecule has 2 aromatic rings. The normalized spacial score (nSPS) is 20.5. The summed E-state index contributed by atoms with van der Waals surface area (Å²) in [6, 6.07) is 2.80. The minimum atomic E-state index is -3.85. The van der Waals surface area contributed by atoms with Gasteiger partial charge in [-0.15, -0.1) is 0 Å². The molecule has 21 heteroatoms. The van der Waals surface area contributed by atoms with E-state index in [1.54, 1.807) is 18.3 Å². The molecule has 18 nitrogen and oxygen atoms in total. The van der Waals surface area contributed by atoms with Gasteiger partial charge >= 0.3 is 12.1 Å². The molecule has 0 aliphatic carbocycles. The average molecular weight is 911 g/mol. The SMILES string of the molecule is CCC1(C#CC#Cc2cc3n(c2)C(=O)N(CCC(C)(C(=O)NO)S(C)(=O)=O)C3)CN(C)C1.C[C@@](CCN1Cc2cc(C#CC#CC3(F)CCNC3)cn2C1=O)(C(=O)NO)S(C)(=O)=O. The monoisotopic (exact) mass is 910 g/mol. The molecule has 2 fully saturated rings. The molecule has 0 aromatic carbocycles. The Morgan fingerprint density at radius 2 is 1.25 bits per heavy atom. The van der Waals surface area contributed by atoms with Crippen molar-refractivity contribution in [2.24, 2.45) is 5.41 Å². The van der Waals surface area contributed by atoms with Gasteiger partial charge in [-0.05, 0) is 88.4 Å². The average Bonchev–Trinajstić information content (AvgIpc) is 4.04. The van der Waals surface area contributed by atoms with Crippen LogP contribution in [0.2, 0.25) is 0 Å². The van der Waals surface area contributed by atoms with Crippen molar-refractivity contribution in [3.8, 4) is 47.4 Å². The number of rotatable bonds is 11. The third-order valence-corrected chi connectivity index (χ3v) is 16.1. The molecule has 63 heavy (non-hydrogen) atoms. The van der Waals surface area contributed by atoms with E-state index in [1.807, 2.05) is 0 Å². The number of sulfone groups is 2. The minimum absolute atomic E-state index is 0.00336. The molecule has 4 amide bonds. The number of hydrogen-bond donors (Lipinski definition) is 5. The lowest BCUT2D eigenvalue weighted by atomic mass is 9.78. The van der Waals surface area contributed by atoms with E-state index in [0.717, 1.165) is 37.7 Å². The van der Waals surface area contributed by atoms with E-state index < -0.39 is 46.7 Å². The highest BCUT2D eigenvalue weighted by Gasteiger charge is 2.46. The van der Waals surface area contributed by atoms with Crippen molar-refractivity contribution >= 4 is 43.6 Å². The van der Waals surface area contributed by atoms with Crippen LogP contribution < -0.4 is 16.3 Å². The maximum Gasteiger partial charge on any atom is 0.328 e. The highest BCUT2D eigenvalue weighted by atomic mass is 32.2. The molecular formula is C42H51FN8O10S2. The lowest BCUT2D eigenvalue weighted by Gasteiger charge is -2.44. The number of hydroxylamine groups is 2. The number of aromatic nitrogens is 2. The zero-order chi connectivity index (χ0) is 46.6. The van der Waals surface area contributed by atoms with Gasteiger partial charge in [-0.1, -0.05) is 24.7 Å². The van der Waals surface area contributed by atoms with Crippen LogP contribution in [0.5, 0.6) is 0 Å². The number of halogens is 1. The van der Waals surface area contributed by atoms with Gasteiger partial charge in [0.05, 0.1) is 18.5 Å². The first-order valence-electron chi connectivity index (χ1n) is 19.9. The molecule has 2 aromatic heterocycles. The number of amides is 4. The van der Waals surface area contributed by atoms with Gasteiger partial charge in [0, 0.05) is 86.6 Å². The summed E-state index contributed by atoms with van der Waals surface area (Å²) in [5.74, 6) is 20.4. The first kappa shape index (κ1) is 48.4. The number of hydrogen-bond acceptors (Lipinski definition) is 12. The van der Waals surface area contributed by atoms with Crippen LogP contribution in [-0.4, -0.2) is 149 Å². The number of carbonyl (C=O) groups excluding carboxylic acids is 4. The zero-order valence-electron chi connectivity index (χ0n) is 35.9. The molecule has 338 valence electrons. The third kappa shape index (κ3) is 10.4. The summed E-state index contributed by atoms with van der Waals surface area (Å²) in [6.45, 7) is 7.74. The van der Waals surface area contributed by atoms with Crippen molar-refractivity contribution in [1.82, 2.24) is 40.1 Å². The van der Waals surface area contributed by atoms with Crippen molar-refractivity contribution < 1.29 is 50.8 Å². The number of carbonyl (C=O) groups is 4. The number of likely N-dealkylation sites (tertiary alicyclic amines) is 1. The van der Waals surface area contributed by atoms with E-state index in [1.165, 1.54) is 49.9 Å². The van der Waals surface area contributed by atoms with E-state index in [0.29, 0.717) is 29.8 Å². The van der Waals surface area contributed by atoms with Gasteiger partial charge in [-0.3, -0.25) is 29.1 Å². The zero-order valence-corrected chi connectivity index (χ0v) is 37.5. The number of nitrogens with zero attached hydrogens (tertiary/aromatic N) is 5. The molecule has 5 N–H and O–H groups in total. The fourth-order valence-electron chi connectivity index (χ4n) is 7.46. The molecule has 4 aliphatic heterocycles. The summed E-state index contributed by atoms with van der Waals surface area (Å²) in [7, 11) is -5.61. The van der Waals surface area contributed by atoms with Crippen molar-refractivity contribution in [2.45, 2.75) is 74.7 Å². The first-order chi connectivity index (χ1) is 29.4. The summed E-state index contributed by atoms with van der Waals surface area (Å²) in [6.07, 6.45) is 5.97. The summed E-state index contributed by atoms with van der Waals surface area (Å²) >= 11 is 0. The number of alkyl halides is 1. The van der Waals surface area contributed by atoms with Crippen LogP contribution in [0.1, 0.15) is 69.0 Å². The maximum absolute atomic E-state index is 14.1. The molecule has 2 saturated heterocycles. The molecule has 6 rings (SSSR count). The summed E-state index contributed by atoms with van der Waals surface area (Å²) in [4.78, 5) is 54.3. The third-order valence-electron chi connectivity index (χ3n) is 12.1. The molecule has 2 unspecified atom stereocenters. The highest BCUT2D eigenvalue weighted by Crippen LogP contribution is 2.32. The minimum Gasteiger partial charge on any atom is -0.318 e. The second-order valence-corrected chi connectivity index (χ2v) is 21.6. The quantitative estimate of drug-likeness (QED) is 0.119. The molecule has 6 heterocycles. The van der Waals surface area contributed by atoms with Gasteiger partial charge < -0.3 is 20.0 Å². The van der Waals surface area contributed by atoms with Crippen LogP contribution in [-0.2, 0) is 42.4 Å². The van der Waals surface area contributed by atoms with Gasteiger partial charge in [0.15, 0.2) is 34.8 Å². The molecule has 0 saturated carbocycles. The predicted octanol–water partition coefficient (Wildman–Crippen LogP) is 0.694. The standard InChI is InChI=1S/C22H28N4O5S.C20H23FN4O5S/c1-5-22(15-24(3)16-22)9-7-6-8-17-12-18-14-25(20(28)26(18)13-17)11-10-21(2,19(27)23-29)32(4,30)31;1-19(17(26)23-28,31(2,29)30)8-10-24-13-16-11-15(12-25(16)18(24)27)5-3-4-6-20(21)7-9-22-14-20/h12-13,29H,5,10-11,14-16H2,1-4H3,(H,23,27);11-12,22,28H,7-10,13-14H2,1-2H3,(H,23,26)/t;19-,20?/m.1/s1. The van der Waals surface area contributed by atoms with Crippen molar-refractivity contribution in [3.63, 3.8) is 0 Å². The Morgan fingerprint density at radius 1 is 0.810 bits per heavy atom. The van der Waals surface area contributed by atoms with Gasteiger partial charge in [0.25, 0.3) is 11.8 Å². The Labute approximate surface area is 366 Å². The van der Waals surface area contributed by atoms with Crippen LogP contribution in [0.25, 0.3) is 0 Å². The summed E-state index contributed by atoms with van der Waals surface area (Å²) in [5, 5.41) is 20.7. The van der Waals surface area contributed by atoms with Gasteiger partial charge in [0.1, 0.15) is 0 Å². The largest absolute Gasteiger partial charge is 0.328 e. The van der Waals surface area contributed by atoms with Crippen LogP contribution in [0.15, 0.2) is 24.5 Å². The number of nitrogens with one attached hydrogen (secondary N) is 3. The molecule has 4 aliphatic rings. The van der Waals surface area contributed by atoms with Gasteiger partial charge in [-0.25, -0.2) is 41.8 Å². The second kappa shape index (κ2) is 18.6. The summed E-state index contributed by atoms with van der Waals surface area (Å²) < 4.78 is 61.5. The Balaban J connectivity index is 0.000000238. The highest BCUT2D eigenvalue weighted by molar-refractivity contribution is 7.93. The lowest BCUT2D eigenvalue weighted by Crippen LogP contribution is -2.53. The maximum atomic E-state index is 14.1. The van der Waals surface area contributed by atoms with E-state index in [9.17, 15) is 40.4 Å².